The van der Waals surface area contributed by atoms with Crippen LogP contribution in [0, 0.1) is 0 Å². The Morgan fingerprint density at radius 3 is 2.35 bits per heavy atom. The van der Waals surface area contributed by atoms with Crippen molar-refractivity contribution in [2.75, 3.05) is 43.5 Å². The highest BCUT2D eigenvalue weighted by Gasteiger charge is 2.30. The Morgan fingerprint density at radius 2 is 1.71 bits per heavy atom. The molecule has 1 aromatic heterocycles. The lowest BCUT2D eigenvalue weighted by Gasteiger charge is -2.27. The molecule has 2 aromatic rings. The second-order valence-electron chi connectivity index (χ2n) is 7.88. The molecule has 3 heterocycles. The van der Waals surface area contributed by atoms with Crippen LogP contribution in [0.1, 0.15) is 42.5 Å². The lowest BCUT2D eigenvalue weighted by Crippen LogP contribution is -2.30. The Hall–Kier alpha value is -2.65. The predicted octanol–water partition coefficient (Wildman–Crippen LogP) is 3.12. The van der Waals surface area contributed by atoms with E-state index < -0.39 is 15.9 Å². The van der Waals surface area contributed by atoms with Gasteiger partial charge in [0.2, 0.25) is 10.0 Å². The molecular formula is C22H28N4O4S. The molecule has 2 aliphatic rings. The van der Waals surface area contributed by atoms with Crippen molar-refractivity contribution in [2.45, 2.75) is 37.0 Å². The van der Waals surface area contributed by atoms with E-state index in [0.717, 1.165) is 31.7 Å². The molecular weight excluding hydrogens is 416 g/mol. The van der Waals surface area contributed by atoms with E-state index in [9.17, 15) is 13.2 Å². The third kappa shape index (κ3) is 4.67. The fraction of sp³-hybridized carbons (Fsp3) is 0.455. The fourth-order valence-electron chi connectivity index (χ4n) is 4.06. The van der Waals surface area contributed by atoms with Crippen molar-refractivity contribution >= 4 is 27.4 Å². The summed E-state index contributed by atoms with van der Waals surface area (Å²) in [6, 6.07) is 8.19. The van der Waals surface area contributed by atoms with Gasteiger partial charge in [0.1, 0.15) is 16.5 Å². The van der Waals surface area contributed by atoms with E-state index in [1.54, 1.807) is 12.3 Å². The maximum absolute atomic E-state index is 13.0. The van der Waals surface area contributed by atoms with E-state index in [0.29, 0.717) is 18.8 Å². The van der Waals surface area contributed by atoms with Crippen LogP contribution >= 0.6 is 0 Å². The minimum absolute atomic E-state index is 0.0168. The van der Waals surface area contributed by atoms with Crippen LogP contribution in [0.2, 0.25) is 0 Å². The van der Waals surface area contributed by atoms with Crippen LogP contribution < -0.4 is 15.0 Å². The van der Waals surface area contributed by atoms with Gasteiger partial charge in [-0.3, -0.25) is 4.79 Å². The van der Waals surface area contributed by atoms with E-state index in [1.807, 2.05) is 12.1 Å². The Bertz CT molecular complexity index is 1030. The van der Waals surface area contributed by atoms with E-state index in [4.69, 9.17) is 4.74 Å². The zero-order valence-corrected chi connectivity index (χ0v) is 18.5. The standard InChI is InChI=1S/C22H28N4O4S/c1-30-19-9-7-17(15-20(19)31(28,29)26-13-5-6-14-26)22(27)24-18-8-10-21(23-16-18)25-11-3-2-4-12-25/h7-10,15-16H,2-6,11-14H2,1H3,(H,24,27). The second-order valence-corrected chi connectivity index (χ2v) is 9.79. The summed E-state index contributed by atoms with van der Waals surface area (Å²) in [5, 5.41) is 2.80. The predicted molar refractivity (Wildman–Crippen MR) is 119 cm³/mol. The number of pyridine rings is 1. The van der Waals surface area contributed by atoms with Crippen molar-refractivity contribution in [1.82, 2.24) is 9.29 Å². The number of aromatic nitrogens is 1. The zero-order valence-electron chi connectivity index (χ0n) is 17.7. The third-order valence-corrected chi connectivity index (χ3v) is 7.71. The van der Waals surface area contributed by atoms with Gasteiger partial charge in [-0.1, -0.05) is 0 Å². The molecule has 0 spiro atoms. The Kier molecular flexibility index (Phi) is 6.43. The molecule has 2 fully saturated rings. The number of hydrogen-bond acceptors (Lipinski definition) is 6. The zero-order chi connectivity index (χ0) is 21.8. The number of hydrogen-bond donors (Lipinski definition) is 1. The Balaban J connectivity index is 1.52. The molecule has 0 aliphatic carbocycles. The third-order valence-electron chi connectivity index (χ3n) is 5.79. The summed E-state index contributed by atoms with van der Waals surface area (Å²) in [5.74, 6) is 0.741. The van der Waals surface area contributed by atoms with Crippen LogP contribution in [-0.4, -0.2) is 56.9 Å². The van der Waals surface area contributed by atoms with Gasteiger partial charge in [-0.05, 0) is 62.4 Å². The second kappa shape index (κ2) is 9.23. The average molecular weight is 445 g/mol. The quantitative estimate of drug-likeness (QED) is 0.736. The van der Waals surface area contributed by atoms with E-state index in [2.05, 4.69) is 15.2 Å². The van der Waals surface area contributed by atoms with Crippen LogP contribution in [0.3, 0.4) is 0 Å². The van der Waals surface area contributed by atoms with Crippen LogP contribution in [0.25, 0.3) is 0 Å². The molecule has 0 atom stereocenters. The van der Waals surface area contributed by atoms with E-state index in [-0.39, 0.29) is 16.2 Å². The number of benzene rings is 1. The summed E-state index contributed by atoms with van der Waals surface area (Å²) < 4.78 is 32.8. The summed E-state index contributed by atoms with van der Waals surface area (Å²) in [6.07, 6.45) is 6.89. The lowest BCUT2D eigenvalue weighted by atomic mass is 10.1. The first-order chi connectivity index (χ1) is 15.0. The molecule has 2 saturated heterocycles. The Labute approximate surface area is 183 Å². The summed E-state index contributed by atoms with van der Waals surface area (Å²) in [5.41, 5.74) is 0.809. The SMILES string of the molecule is COc1ccc(C(=O)Nc2ccc(N3CCCCC3)nc2)cc1S(=O)(=O)N1CCCC1. The average Bonchev–Trinajstić information content (AvgIpc) is 3.36. The molecule has 1 amide bonds. The van der Waals surface area contributed by atoms with Gasteiger partial charge >= 0.3 is 0 Å². The number of rotatable bonds is 6. The molecule has 0 bridgehead atoms. The van der Waals surface area contributed by atoms with Crippen LogP contribution in [0.15, 0.2) is 41.4 Å². The van der Waals surface area contributed by atoms with Crippen molar-refractivity contribution in [3.63, 3.8) is 0 Å². The highest BCUT2D eigenvalue weighted by atomic mass is 32.2. The smallest absolute Gasteiger partial charge is 0.255 e. The van der Waals surface area contributed by atoms with Gasteiger partial charge < -0.3 is 15.0 Å². The highest BCUT2D eigenvalue weighted by Crippen LogP contribution is 2.30. The minimum atomic E-state index is -3.72. The number of nitrogens with zero attached hydrogens (tertiary/aromatic N) is 3. The van der Waals surface area contributed by atoms with E-state index >= 15 is 0 Å². The summed E-state index contributed by atoms with van der Waals surface area (Å²) in [7, 11) is -2.29. The van der Waals surface area contributed by atoms with Crippen molar-refractivity contribution in [3.05, 3.63) is 42.1 Å². The minimum Gasteiger partial charge on any atom is -0.495 e. The van der Waals surface area contributed by atoms with E-state index in [1.165, 1.54) is 42.8 Å². The Morgan fingerprint density at radius 1 is 1.00 bits per heavy atom. The van der Waals surface area contributed by atoms with Gasteiger partial charge in [0, 0.05) is 31.7 Å². The number of carbonyl (C=O) groups is 1. The van der Waals surface area contributed by atoms with Crippen LogP contribution in [0.4, 0.5) is 11.5 Å². The maximum atomic E-state index is 13.0. The molecule has 166 valence electrons. The highest BCUT2D eigenvalue weighted by molar-refractivity contribution is 7.89. The molecule has 0 saturated carbocycles. The van der Waals surface area contributed by atoms with Gasteiger partial charge in [-0.2, -0.15) is 4.31 Å². The van der Waals surface area contributed by atoms with Gasteiger partial charge in [-0.15, -0.1) is 0 Å². The number of piperidine rings is 1. The number of amides is 1. The largest absolute Gasteiger partial charge is 0.495 e. The van der Waals surface area contributed by atoms with Gasteiger partial charge in [0.15, 0.2) is 0 Å². The molecule has 1 aromatic carbocycles. The number of ether oxygens (including phenoxy) is 1. The molecule has 4 rings (SSSR count). The summed E-state index contributed by atoms with van der Waals surface area (Å²) in [4.78, 5) is 19.5. The normalized spacial score (nSPS) is 17.5. The molecule has 0 radical (unpaired) electrons. The van der Waals surface area contributed by atoms with Crippen molar-refractivity contribution in [3.8, 4) is 5.75 Å². The summed E-state index contributed by atoms with van der Waals surface area (Å²) >= 11 is 0. The topological polar surface area (TPSA) is 91.8 Å². The number of nitrogens with one attached hydrogen (secondary N) is 1. The lowest BCUT2D eigenvalue weighted by molar-refractivity contribution is 0.102. The first-order valence-electron chi connectivity index (χ1n) is 10.7. The molecule has 0 unspecified atom stereocenters. The number of anilines is 2. The van der Waals surface area contributed by atoms with Crippen molar-refractivity contribution < 1.29 is 17.9 Å². The maximum Gasteiger partial charge on any atom is 0.255 e. The van der Waals surface area contributed by atoms with Gasteiger partial charge in [0.05, 0.1) is 19.0 Å². The number of carbonyl (C=O) groups excluding carboxylic acids is 1. The monoisotopic (exact) mass is 444 g/mol. The van der Waals surface area contributed by atoms with Crippen LogP contribution in [0.5, 0.6) is 5.75 Å². The summed E-state index contributed by atoms with van der Waals surface area (Å²) in [6.45, 7) is 2.96. The van der Waals surface area contributed by atoms with Gasteiger partial charge in [0.25, 0.3) is 5.91 Å². The molecule has 1 N–H and O–H groups in total. The number of methoxy groups -OCH3 is 1. The molecule has 2 aliphatic heterocycles. The molecule has 31 heavy (non-hydrogen) atoms. The van der Waals surface area contributed by atoms with Gasteiger partial charge in [-0.25, -0.2) is 13.4 Å². The molecule has 8 nitrogen and oxygen atoms in total. The van der Waals surface area contributed by atoms with Crippen LogP contribution in [-0.2, 0) is 10.0 Å². The van der Waals surface area contributed by atoms with Crippen molar-refractivity contribution in [1.29, 1.82) is 0 Å². The first-order valence-corrected chi connectivity index (χ1v) is 12.1. The number of sulfonamides is 1. The molecule has 9 heteroatoms. The fourth-order valence-corrected chi connectivity index (χ4v) is 5.76. The first kappa shape index (κ1) is 21.6. The van der Waals surface area contributed by atoms with Crippen molar-refractivity contribution in [2.24, 2.45) is 0 Å².